The maximum Gasteiger partial charge on any atom is 0.371 e. The van der Waals surface area contributed by atoms with Crippen LogP contribution in [0.25, 0.3) is 11.3 Å². The first-order valence-electron chi connectivity index (χ1n) is 6.20. The van der Waals surface area contributed by atoms with E-state index in [2.05, 4.69) is 6.07 Å². The van der Waals surface area contributed by atoms with E-state index in [4.69, 9.17) is 9.52 Å². The van der Waals surface area contributed by atoms with Crippen molar-refractivity contribution in [1.29, 1.82) is 0 Å². The average Bonchev–Trinajstić information content (AvgIpc) is 2.87. The van der Waals surface area contributed by atoms with Crippen LogP contribution < -0.4 is 0 Å². The zero-order chi connectivity index (χ0) is 12.5. The number of furan rings is 1. The van der Waals surface area contributed by atoms with Crippen LogP contribution in [0, 0.1) is 0 Å². The van der Waals surface area contributed by atoms with Crippen LogP contribution in [0.5, 0.6) is 0 Å². The Morgan fingerprint density at radius 3 is 2.72 bits per heavy atom. The van der Waals surface area contributed by atoms with Gasteiger partial charge in [-0.1, -0.05) is 18.2 Å². The van der Waals surface area contributed by atoms with E-state index in [0.717, 1.165) is 18.4 Å². The molecule has 1 aromatic heterocycles. The van der Waals surface area contributed by atoms with Gasteiger partial charge in [0.1, 0.15) is 5.76 Å². The normalized spacial score (nSPS) is 14.2. The molecule has 18 heavy (non-hydrogen) atoms. The van der Waals surface area contributed by atoms with Crippen molar-refractivity contribution in [2.75, 3.05) is 0 Å². The Labute approximate surface area is 105 Å². The summed E-state index contributed by atoms with van der Waals surface area (Å²) >= 11 is 0. The summed E-state index contributed by atoms with van der Waals surface area (Å²) in [7, 11) is 0. The highest BCUT2D eigenvalue weighted by molar-refractivity contribution is 5.85. The average molecular weight is 242 g/mol. The fourth-order valence-electron chi connectivity index (χ4n) is 2.61. The molecule has 1 N–H and O–H groups in total. The molecule has 0 saturated heterocycles. The van der Waals surface area contributed by atoms with Gasteiger partial charge in [0.25, 0.3) is 0 Å². The largest absolute Gasteiger partial charge is 0.475 e. The number of carboxylic acid groups (broad SMARTS) is 1. The quantitative estimate of drug-likeness (QED) is 0.876. The Morgan fingerprint density at radius 1 is 1.11 bits per heavy atom. The molecule has 3 nitrogen and oxygen atoms in total. The van der Waals surface area contributed by atoms with Crippen LogP contribution in [-0.4, -0.2) is 11.1 Å². The van der Waals surface area contributed by atoms with Gasteiger partial charge in [-0.05, 0) is 48.9 Å². The second kappa shape index (κ2) is 4.33. The molecule has 0 radical (unpaired) electrons. The van der Waals surface area contributed by atoms with Crippen molar-refractivity contribution in [1.82, 2.24) is 0 Å². The van der Waals surface area contributed by atoms with E-state index in [9.17, 15) is 4.79 Å². The predicted octanol–water partition coefficient (Wildman–Crippen LogP) is 3.52. The van der Waals surface area contributed by atoms with E-state index >= 15 is 0 Å². The lowest BCUT2D eigenvalue weighted by atomic mass is 9.87. The lowest BCUT2D eigenvalue weighted by molar-refractivity contribution is 0.0663. The number of hydrogen-bond acceptors (Lipinski definition) is 2. The molecule has 0 fully saturated rings. The Kier molecular flexibility index (Phi) is 2.67. The van der Waals surface area contributed by atoms with Gasteiger partial charge in [0, 0.05) is 5.56 Å². The van der Waals surface area contributed by atoms with E-state index in [1.165, 1.54) is 30.0 Å². The molecule has 0 spiro atoms. The van der Waals surface area contributed by atoms with Crippen molar-refractivity contribution in [2.45, 2.75) is 25.7 Å². The molecule has 3 heteroatoms. The number of rotatable bonds is 2. The SMILES string of the molecule is O=C(O)c1ccc(-c2cccc3c2CCCC3)o1. The molecule has 0 saturated carbocycles. The molecule has 1 aliphatic carbocycles. The predicted molar refractivity (Wildman–Crippen MR) is 67.7 cm³/mol. The fourth-order valence-corrected chi connectivity index (χ4v) is 2.61. The summed E-state index contributed by atoms with van der Waals surface area (Å²) in [6.45, 7) is 0. The minimum Gasteiger partial charge on any atom is -0.475 e. The highest BCUT2D eigenvalue weighted by Gasteiger charge is 2.17. The summed E-state index contributed by atoms with van der Waals surface area (Å²) in [5.74, 6) is -0.365. The van der Waals surface area contributed by atoms with Crippen LogP contribution in [0.4, 0.5) is 0 Å². The van der Waals surface area contributed by atoms with Crippen LogP contribution in [0.15, 0.2) is 34.7 Å². The zero-order valence-corrected chi connectivity index (χ0v) is 9.98. The second-order valence-corrected chi connectivity index (χ2v) is 4.62. The first kappa shape index (κ1) is 11.1. The van der Waals surface area contributed by atoms with Crippen LogP contribution in [0.2, 0.25) is 0 Å². The lowest BCUT2D eigenvalue weighted by Crippen LogP contribution is -2.03. The smallest absolute Gasteiger partial charge is 0.371 e. The topological polar surface area (TPSA) is 50.4 Å². The molecule has 1 aliphatic rings. The van der Waals surface area contributed by atoms with Gasteiger partial charge < -0.3 is 9.52 Å². The third kappa shape index (κ3) is 1.82. The third-order valence-electron chi connectivity index (χ3n) is 3.48. The molecule has 1 heterocycles. The van der Waals surface area contributed by atoms with E-state index in [0.29, 0.717) is 5.76 Å². The summed E-state index contributed by atoms with van der Waals surface area (Å²) in [4.78, 5) is 10.8. The van der Waals surface area contributed by atoms with E-state index < -0.39 is 5.97 Å². The van der Waals surface area contributed by atoms with Crippen molar-refractivity contribution in [3.05, 3.63) is 47.2 Å². The molecule has 0 bridgehead atoms. The van der Waals surface area contributed by atoms with Crippen molar-refractivity contribution < 1.29 is 14.3 Å². The van der Waals surface area contributed by atoms with Gasteiger partial charge in [0.15, 0.2) is 0 Å². The molecule has 0 atom stereocenters. The van der Waals surface area contributed by atoms with E-state index in [1.807, 2.05) is 12.1 Å². The Morgan fingerprint density at radius 2 is 1.94 bits per heavy atom. The zero-order valence-electron chi connectivity index (χ0n) is 9.98. The van der Waals surface area contributed by atoms with Gasteiger partial charge in [-0.25, -0.2) is 4.79 Å². The van der Waals surface area contributed by atoms with Gasteiger partial charge in [-0.2, -0.15) is 0 Å². The summed E-state index contributed by atoms with van der Waals surface area (Å²) in [6.07, 6.45) is 4.58. The summed E-state index contributed by atoms with van der Waals surface area (Å²) in [5.41, 5.74) is 3.72. The van der Waals surface area contributed by atoms with Crippen LogP contribution in [0.3, 0.4) is 0 Å². The van der Waals surface area contributed by atoms with Gasteiger partial charge in [0.05, 0.1) is 0 Å². The summed E-state index contributed by atoms with van der Waals surface area (Å²) in [5, 5.41) is 8.89. The standard InChI is InChI=1S/C15H14O3/c16-15(17)14-9-8-13(18-14)12-7-3-5-10-4-1-2-6-11(10)12/h3,5,7-9H,1-2,4,6H2,(H,16,17). The van der Waals surface area contributed by atoms with Gasteiger partial charge in [0.2, 0.25) is 5.76 Å². The van der Waals surface area contributed by atoms with Gasteiger partial charge in [-0.3, -0.25) is 0 Å². The molecule has 2 aromatic rings. The highest BCUT2D eigenvalue weighted by atomic mass is 16.4. The fraction of sp³-hybridized carbons (Fsp3) is 0.267. The molecule has 0 unspecified atom stereocenters. The molecular weight excluding hydrogens is 228 g/mol. The minimum absolute atomic E-state index is 0.00147. The van der Waals surface area contributed by atoms with E-state index in [1.54, 1.807) is 6.07 Å². The monoisotopic (exact) mass is 242 g/mol. The Hall–Kier alpha value is -2.03. The molecular formula is C15H14O3. The van der Waals surface area contributed by atoms with Crippen LogP contribution in [0.1, 0.15) is 34.5 Å². The summed E-state index contributed by atoms with van der Waals surface area (Å²) < 4.78 is 5.40. The molecule has 1 aromatic carbocycles. The Bertz CT molecular complexity index is 596. The number of hydrogen-bond donors (Lipinski definition) is 1. The van der Waals surface area contributed by atoms with Crippen molar-refractivity contribution in [2.24, 2.45) is 0 Å². The summed E-state index contributed by atoms with van der Waals surface area (Å²) in [6, 6.07) is 9.43. The Balaban J connectivity index is 2.08. The highest BCUT2D eigenvalue weighted by Crippen LogP contribution is 2.32. The lowest BCUT2D eigenvalue weighted by Gasteiger charge is -2.18. The number of fused-ring (bicyclic) bond motifs is 1. The van der Waals surface area contributed by atoms with Crippen molar-refractivity contribution in [3.63, 3.8) is 0 Å². The molecule has 0 aliphatic heterocycles. The van der Waals surface area contributed by atoms with Crippen molar-refractivity contribution >= 4 is 5.97 Å². The van der Waals surface area contributed by atoms with E-state index in [-0.39, 0.29) is 5.76 Å². The van der Waals surface area contributed by atoms with Gasteiger partial charge >= 0.3 is 5.97 Å². The maximum absolute atomic E-state index is 10.8. The number of aryl methyl sites for hydroxylation is 1. The maximum atomic E-state index is 10.8. The first-order chi connectivity index (χ1) is 8.75. The van der Waals surface area contributed by atoms with Gasteiger partial charge in [-0.15, -0.1) is 0 Å². The van der Waals surface area contributed by atoms with Crippen LogP contribution >= 0.6 is 0 Å². The molecule has 3 rings (SSSR count). The first-order valence-corrected chi connectivity index (χ1v) is 6.20. The minimum atomic E-state index is -1.02. The second-order valence-electron chi connectivity index (χ2n) is 4.62. The number of carboxylic acids is 1. The molecule has 92 valence electrons. The van der Waals surface area contributed by atoms with Crippen molar-refractivity contribution in [3.8, 4) is 11.3 Å². The third-order valence-corrected chi connectivity index (χ3v) is 3.48. The number of carbonyl (C=O) groups is 1. The number of benzene rings is 1. The number of aromatic carboxylic acids is 1. The molecule has 0 amide bonds. The van der Waals surface area contributed by atoms with Crippen LogP contribution in [-0.2, 0) is 12.8 Å².